The standard InChI is InChI=1S/C38H46FN7O4/c1-7-45(8-2)34(47)17-13-27-12-16-32(33(22-27)49-6)50-37-29(36(48)42-35-25(3)10-9-11-26(35)4)24-40-38(43-37)41-28-14-15-31(30(39)23-28)46-20-18-44(5)19-21-46/h9-12,14-16,22-24H,7-8,13,17-21H2,1-6H3,(H,42,48)(H,40,41,43). The van der Waals surface area contributed by atoms with Gasteiger partial charge in [0.25, 0.3) is 5.91 Å². The van der Waals surface area contributed by atoms with E-state index in [1.54, 1.807) is 23.1 Å². The fraction of sp³-hybridized carbons (Fsp3) is 0.368. The van der Waals surface area contributed by atoms with E-state index in [0.717, 1.165) is 42.9 Å². The normalized spacial score (nSPS) is 13.1. The number of carbonyl (C=O) groups is 2. The first kappa shape index (κ1) is 36.1. The number of anilines is 4. The summed E-state index contributed by atoms with van der Waals surface area (Å²) in [6, 6.07) is 16.1. The Morgan fingerprint density at radius 1 is 0.960 bits per heavy atom. The average molecular weight is 684 g/mol. The molecule has 1 aliphatic rings. The number of likely N-dealkylation sites (N-methyl/N-ethyl adjacent to an activating group) is 1. The predicted molar refractivity (Wildman–Crippen MR) is 195 cm³/mol. The first-order valence-corrected chi connectivity index (χ1v) is 17.0. The van der Waals surface area contributed by atoms with Crippen LogP contribution in [0.4, 0.5) is 27.4 Å². The zero-order chi connectivity index (χ0) is 35.8. The maximum Gasteiger partial charge on any atom is 0.262 e. The van der Waals surface area contributed by atoms with E-state index in [2.05, 4.69) is 32.5 Å². The number of halogens is 1. The molecule has 0 saturated carbocycles. The Morgan fingerprint density at radius 3 is 2.34 bits per heavy atom. The third-order valence-corrected chi connectivity index (χ3v) is 8.94. The van der Waals surface area contributed by atoms with Gasteiger partial charge in [-0.1, -0.05) is 24.3 Å². The molecule has 2 amide bonds. The molecule has 3 aromatic carbocycles. The summed E-state index contributed by atoms with van der Waals surface area (Å²) in [7, 11) is 3.58. The van der Waals surface area contributed by atoms with Gasteiger partial charge in [-0.15, -0.1) is 0 Å². The van der Waals surface area contributed by atoms with Gasteiger partial charge in [-0.05, 0) is 88.2 Å². The highest BCUT2D eigenvalue weighted by atomic mass is 19.1. The molecule has 0 unspecified atom stereocenters. The molecule has 2 heterocycles. The number of carbonyl (C=O) groups excluding carboxylic acids is 2. The first-order valence-electron chi connectivity index (χ1n) is 17.0. The Bertz CT molecular complexity index is 1800. The Kier molecular flexibility index (Phi) is 11.9. The second-order valence-corrected chi connectivity index (χ2v) is 12.4. The molecule has 1 aromatic heterocycles. The molecule has 264 valence electrons. The van der Waals surface area contributed by atoms with E-state index in [4.69, 9.17) is 9.47 Å². The number of nitrogens with one attached hydrogen (secondary N) is 2. The van der Waals surface area contributed by atoms with Crippen molar-refractivity contribution < 1.29 is 23.5 Å². The molecule has 50 heavy (non-hydrogen) atoms. The van der Waals surface area contributed by atoms with Crippen molar-refractivity contribution >= 4 is 34.8 Å². The summed E-state index contributed by atoms with van der Waals surface area (Å²) in [5, 5.41) is 6.04. The maximum absolute atomic E-state index is 15.3. The lowest BCUT2D eigenvalue weighted by Crippen LogP contribution is -2.44. The topological polar surface area (TPSA) is 112 Å². The number of para-hydroxylation sites is 1. The number of aryl methyl sites for hydroxylation is 3. The first-order chi connectivity index (χ1) is 24.1. The predicted octanol–water partition coefficient (Wildman–Crippen LogP) is 6.58. The molecule has 1 fully saturated rings. The summed E-state index contributed by atoms with van der Waals surface area (Å²) in [6.45, 7) is 12.3. The zero-order valence-electron chi connectivity index (χ0n) is 29.7. The molecule has 5 rings (SSSR count). The number of rotatable bonds is 13. The molecular weight excluding hydrogens is 637 g/mol. The number of nitrogens with zero attached hydrogens (tertiary/aromatic N) is 5. The SMILES string of the molecule is CCN(CC)C(=O)CCc1ccc(Oc2nc(Nc3ccc(N4CCN(C)CC4)c(F)c3)ncc2C(=O)Nc2c(C)cccc2C)c(OC)c1. The summed E-state index contributed by atoms with van der Waals surface area (Å²) < 4.78 is 27.2. The molecule has 1 saturated heterocycles. The smallest absolute Gasteiger partial charge is 0.262 e. The van der Waals surface area contributed by atoms with Crippen molar-refractivity contribution in [1.29, 1.82) is 0 Å². The van der Waals surface area contributed by atoms with Crippen LogP contribution >= 0.6 is 0 Å². The molecule has 1 aliphatic heterocycles. The van der Waals surface area contributed by atoms with Gasteiger partial charge in [0.05, 0.1) is 12.8 Å². The fourth-order valence-electron chi connectivity index (χ4n) is 5.91. The van der Waals surface area contributed by atoms with E-state index in [9.17, 15) is 9.59 Å². The highest BCUT2D eigenvalue weighted by Crippen LogP contribution is 2.35. The zero-order valence-corrected chi connectivity index (χ0v) is 29.7. The van der Waals surface area contributed by atoms with E-state index in [1.807, 2.05) is 62.9 Å². The Morgan fingerprint density at radius 2 is 1.68 bits per heavy atom. The Labute approximate surface area is 293 Å². The molecule has 2 N–H and O–H groups in total. The van der Waals surface area contributed by atoms with E-state index < -0.39 is 5.91 Å². The van der Waals surface area contributed by atoms with Crippen molar-refractivity contribution in [3.05, 3.63) is 88.9 Å². The van der Waals surface area contributed by atoms with Gasteiger partial charge in [-0.2, -0.15) is 4.98 Å². The summed E-state index contributed by atoms with van der Waals surface area (Å²) in [5.74, 6) is 0.0858. The third-order valence-electron chi connectivity index (χ3n) is 8.94. The minimum atomic E-state index is -0.461. The van der Waals surface area contributed by atoms with Crippen molar-refractivity contribution in [1.82, 2.24) is 19.8 Å². The summed E-state index contributed by atoms with van der Waals surface area (Å²) >= 11 is 0. The van der Waals surface area contributed by atoms with Gasteiger partial charge in [0.1, 0.15) is 11.4 Å². The number of piperazine rings is 1. The minimum Gasteiger partial charge on any atom is -0.493 e. The summed E-state index contributed by atoms with van der Waals surface area (Å²) in [4.78, 5) is 41.3. The van der Waals surface area contributed by atoms with Crippen LogP contribution in [0.15, 0.2) is 60.8 Å². The molecule has 0 atom stereocenters. The van der Waals surface area contributed by atoms with Crippen LogP contribution in [0, 0.1) is 19.7 Å². The van der Waals surface area contributed by atoms with Crippen LogP contribution in [0.1, 0.15) is 47.3 Å². The minimum absolute atomic E-state index is 0.0245. The Balaban J connectivity index is 1.42. The molecule has 11 nitrogen and oxygen atoms in total. The largest absolute Gasteiger partial charge is 0.493 e. The quantitative estimate of drug-likeness (QED) is 0.161. The van der Waals surface area contributed by atoms with Crippen molar-refractivity contribution in [3.8, 4) is 17.4 Å². The molecule has 4 aromatic rings. The number of benzene rings is 3. The molecule has 0 spiro atoms. The van der Waals surface area contributed by atoms with Gasteiger partial charge in [-0.25, -0.2) is 9.37 Å². The van der Waals surface area contributed by atoms with Crippen LogP contribution in [0.25, 0.3) is 0 Å². The highest BCUT2D eigenvalue weighted by molar-refractivity contribution is 6.06. The second-order valence-electron chi connectivity index (χ2n) is 12.4. The number of methoxy groups -OCH3 is 1. The van der Waals surface area contributed by atoms with Crippen LogP contribution < -0.4 is 25.0 Å². The lowest BCUT2D eigenvalue weighted by Gasteiger charge is -2.34. The van der Waals surface area contributed by atoms with Crippen LogP contribution in [0.5, 0.6) is 17.4 Å². The number of ether oxygens (including phenoxy) is 2. The number of hydrogen-bond acceptors (Lipinski definition) is 9. The monoisotopic (exact) mass is 683 g/mol. The molecule has 0 aliphatic carbocycles. The van der Waals surface area contributed by atoms with Crippen LogP contribution in [-0.4, -0.2) is 85.0 Å². The fourth-order valence-corrected chi connectivity index (χ4v) is 5.91. The molecule has 12 heteroatoms. The van der Waals surface area contributed by atoms with E-state index >= 15 is 4.39 Å². The van der Waals surface area contributed by atoms with Gasteiger partial charge in [0.2, 0.25) is 17.7 Å². The number of amides is 2. The molecule has 0 radical (unpaired) electrons. The maximum atomic E-state index is 15.3. The Hall–Kier alpha value is -5.23. The van der Waals surface area contributed by atoms with Crippen LogP contribution in [-0.2, 0) is 11.2 Å². The van der Waals surface area contributed by atoms with Gasteiger partial charge in [0.15, 0.2) is 11.5 Å². The van der Waals surface area contributed by atoms with Crippen LogP contribution in [0.2, 0.25) is 0 Å². The van der Waals surface area contributed by atoms with Gasteiger partial charge in [0, 0.05) is 63.3 Å². The third kappa shape index (κ3) is 8.67. The van der Waals surface area contributed by atoms with Gasteiger partial charge in [-0.3, -0.25) is 9.59 Å². The second kappa shape index (κ2) is 16.4. The average Bonchev–Trinajstić information content (AvgIpc) is 3.10. The summed E-state index contributed by atoms with van der Waals surface area (Å²) in [6.07, 6.45) is 2.27. The van der Waals surface area contributed by atoms with Gasteiger partial charge >= 0.3 is 0 Å². The number of aromatic nitrogens is 2. The highest BCUT2D eigenvalue weighted by Gasteiger charge is 2.22. The molecular formula is C38H46FN7O4. The van der Waals surface area contributed by atoms with Crippen molar-refractivity contribution in [2.75, 3.05) is 69.0 Å². The lowest BCUT2D eigenvalue weighted by atomic mass is 10.1. The van der Waals surface area contributed by atoms with Gasteiger partial charge < -0.3 is 34.8 Å². The van der Waals surface area contributed by atoms with E-state index in [0.29, 0.717) is 54.5 Å². The van der Waals surface area contributed by atoms with Crippen molar-refractivity contribution in [2.45, 2.75) is 40.5 Å². The summed E-state index contributed by atoms with van der Waals surface area (Å²) in [5.41, 5.74) is 4.46. The number of hydrogen-bond donors (Lipinski definition) is 2. The van der Waals surface area contributed by atoms with Crippen molar-refractivity contribution in [3.63, 3.8) is 0 Å². The molecule has 0 bridgehead atoms. The van der Waals surface area contributed by atoms with E-state index in [-0.39, 0.29) is 29.1 Å². The van der Waals surface area contributed by atoms with Crippen molar-refractivity contribution in [2.24, 2.45) is 0 Å². The van der Waals surface area contributed by atoms with Crippen LogP contribution in [0.3, 0.4) is 0 Å². The lowest BCUT2D eigenvalue weighted by molar-refractivity contribution is -0.130. The van der Waals surface area contributed by atoms with E-state index in [1.165, 1.54) is 19.4 Å².